The first-order chi connectivity index (χ1) is 13.0. The highest BCUT2D eigenvalue weighted by atomic mass is 16.5. The van der Waals surface area contributed by atoms with E-state index in [0.717, 1.165) is 28.2 Å². The number of rotatable bonds is 6. The molecule has 3 aromatic carbocycles. The molecule has 0 aliphatic heterocycles. The Balaban J connectivity index is 1.65. The Morgan fingerprint density at radius 3 is 2.30 bits per heavy atom. The zero-order valence-corrected chi connectivity index (χ0v) is 15.1. The van der Waals surface area contributed by atoms with Crippen molar-refractivity contribution in [3.05, 3.63) is 89.0 Å². The lowest BCUT2D eigenvalue weighted by Gasteiger charge is -2.08. The first-order valence-electron chi connectivity index (χ1n) is 8.49. The van der Waals surface area contributed by atoms with Crippen molar-refractivity contribution < 1.29 is 14.6 Å². The van der Waals surface area contributed by atoms with Crippen molar-refractivity contribution in [2.75, 3.05) is 5.43 Å². The van der Waals surface area contributed by atoms with Crippen molar-refractivity contribution in [1.29, 1.82) is 0 Å². The number of aryl methyl sites for hydroxylation is 2. The van der Waals surface area contributed by atoms with Crippen LogP contribution in [0.15, 0.2) is 71.8 Å². The molecule has 0 atom stereocenters. The van der Waals surface area contributed by atoms with Crippen LogP contribution in [0.3, 0.4) is 0 Å². The van der Waals surface area contributed by atoms with Crippen molar-refractivity contribution >= 4 is 17.9 Å². The summed E-state index contributed by atoms with van der Waals surface area (Å²) in [5, 5.41) is 13.3. The molecule has 2 N–H and O–H groups in total. The van der Waals surface area contributed by atoms with Crippen LogP contribution in [0.5, 0.6) is 11.5 Å². The maximum Gasteiger partial charge on any atom is 0.337 e. The van der Waals surface area contributed by atoms with Crippen LogP contribution < -0.4 is 10.2 Å². The number of ether oxygens (including phenoxy) is 1. The molecular weight excluding hydrogens is 340 g/mol. The number of aromatic carboxylic acids is 1. The van der Waals surface area contributed by atoms with Crippen LogP contribution >= 0.6 is 0 Å². The summed E-state index contributed by atoms with van der Waals surface area (Å²) >= 11 is 0. The molecule has 0 aromatic heterocycles. The Kier molecular flexibility index (Phi) is 5.52. The maximum atomic E-state index is 11.2. The molecule has 0 aliphatic carbocycles. The molecule has 0 radical (unpaired) electrons. The van der Waals surface area contributed by atoms with Gasteiger partial charge in [-0.3, -0.25) is 5.43 Å². The molecule has 0 saturated heterocycles. The van der Waals surface area contributed by atoms with Crippen LogP contribution in [0, 0.1) is 13.8 Å². The minimum Gasteiger partial charge on any atom is -0.478 e. The van der Waals surface area contributed by atoms with Crippen molar-refractivity contribution in [1.82, 2.24) is 0 Å². The Hall–Kier alpha value is -3.60. The van der Waals surface area contributed by atoms with Crippen LogP contribution in [0.4, 0.5) is 5.69 Å². The highest BCUT2D eigenvalue weighted by Gasteiger charge is 2.07. The molecule has 0 heterocycles. The van der Waals surface area contributed by atoms with Gasteiger partial charge >= 0.3 is 5.97 Å². The van der Waals surface area contributed by atoms with Gasteiger partial charge in [0.25, 0.3) is 0 Å². The number of carboxylic acids is 1. The Morgan fingerprint density at radius 2 is 1.63 bits per heavy atom. The average molecular weight is 360 g/mol. The molecule has 5 nitrogen and oxygen atoms in total. The number of benzene rings is 3. The van der Waals surface area contributed by atoms with Gasteiger partial charge < -0.3 is 9.84 Å². The van der Waals surface area contributed by atoms with Crippen LogP contribution in [-0.4, -0.2) is 17.3 Å². The van der Waals surface area contributed by atoms with Crippen LogP contribution in [-0.2, 0) is 0 Å². The monoisotopic (exact) mass is 360 g/mol. The van der Waals surface area contributed by atoms with Gasteiger partial charge in [-0.25, -0.2) is 4.79 Å². The fourth-order valence-electron chi connectivity index (χ4n) is 2.69. The molecule has 3 rings (SSSR count). The van der Waals surface area contributed by atoms with Gasteiger partial charge in [-0.05, 0) is 79.1 Å². The third-order valence-electron chi connectivity index (χ3n) is 3.87. The van der Waals surface area contributed by atoms with E-state index < -0.39 is 5.97 Å². The van der Waals surface area contributed by atoms with Crippen LogP contribution in [0.2, 0.25) is 0 Å². The minimum absolute atomic E-state index is 0.173. The summed E-state index contributed by atoms with van der Waals surface area (Å²) in [5.41, 5.74) is 6.55. The standard InChI is InChI=1S/C22H20N2O3/c1-15-11-16(2)13-19(12-15)27-18-9-7-17(8-10-18)14-23-24-21-6-4-3-5-20(21)22(25)26/h3-14,24H,1-2H3,(H,25,26). The normalized spacial score (nSPS) is 10.7. The Labute approximate surface area is 157 Å². The predicted octanol–water partition coefficient (Wildman–Crippen LogP) is 5.24. The lowest BCUT2D eigenvalue weighted by molar-refractivity contribution is 0.0698. The van der Waals surface area contributed by atoms with Gasteiger partial charge in [0, 0.05) is 0 Å². The van der Waals surface area contributed by atoms with E-state index in [4.69, 9.17) is 9.84 Å². The minimum atomic E-state index is -0.999. The number of carbonyl (C=O) groups is 1. The predicted molar refractivity (Wildman–Crippen MR) is 107 cm³/mol. The topological polar surface area (TPSA) is 70.9 Å². The summed E-state index contributed by atoms with van der Waals surface area (Å²) in [5.74, 6) is 0.545. The van der Waals surface area contributed by atoms with Gasteiger partial charge in [0.05, 0.1) is 17.5 Å². The quantitative estimate of drug-likeness (QED) is 0.466. The van der Waals surface area contributed by atoms with E-state index in [9.17, 15) is 4.79 Å². The van der Waals surface area contributed by atoms with Gasteiger partial charge in [0.2, 0.25) is 0 Å². The number of anilines is 1. The molecule has 0 bridgehead atoms. The Morgan fingerprint density at radius 1 is 0.963 bits per heavy atom. The third-order valence-corrected chi connectivity index (χ3v) is 3.87. The zero-order chi connectivity index (χ0) is 19.2. The van der Waals surface area contributed by atoms with Crippen LogP contribution in [0.1, 0.15) is 27.0 Å². The fourth-order valence-corrected chi connectivity index (χ4v) is 2.69. The van der Waals surface area contributed by atoms with E-state index in [1.54, 1.807) is 24.4 Å². The number of carboxylic acid groups (broad SMARTS) is 1. The van der Waals surface area contributed by atoms with E-state index in [2.05, 4.69) is 16.6 Å². The Bertz CT molecular complexity index is 959. The van der Waals surface area contributed by atoms with Gasteiger partial charge in [-0.1, -0.05) is 18.2 Å². The molecule has 5 heteroatoms. The molecule has 0 unspecified atom stereocenters. The third kappa shape index (κ3) is 4.95. The fraction of sp³-hybridized carbons (Fsp3) is 0.0909. The number of nitrogens with one attached hydrogen (secondary N) is 1. The number of para-hydroxylation sites is 1. The van der Waals surface area contributed by atoms with Gasteiger partial charge in [0.1, 0.15) is 11.5 Å². The number of hydrogen-bond acceptors (Lipinski definition) is 4. The second-order valence-electron chi connectivity index (χ2n) is 6.22. The summed E-state index contributed by atoms with van der Waals surface area (Å²) in [6, 6.07) is 20.2. The maximum absolute atomic E-state index is 11.2. The number of hydrogen-bond donors (Lipinski definition) is 2. The first kappa shape index (κ1) is 18.2. The summed E-state index contributed by atoms with van der Waals surface area (Å²) in [6.45, 7) is 4.07. The highest BCUT2D eigenvalue weighted by Crippen LogP contribution is 2.24. The van der Waals surface area contributed by atoms with E-state index in [0.29, 0.717) is 5.69 Å². The lowest BCUT2D eigenvalue weighted by atomic mass is 10.1. The molecule has 136 valence electrons. The molecular formula is C22H20N2O3. The summed E-state index contributed by atoms with van der Waals surface area (Å²) in [6.07, 6.45) is 1.62. The number of nitrogens with zero attached hydrogens (tertiary/aromatic N) is 1. The van der Waals surface area contributed by atoms with E-state index in [1.807, 2.05) is 50.2 Å². The molecule has 0 amide bonds. The van der Waals surface area contributed by atoms with Gasteiger partial charge in [0.15, 0.2) is 0 Å². The molecule has 0 spiro atoms. The largest absolute Gasteiger partial charge is 0.478 e. The van der Waals surface area contributed by atoms with Crippen molar-refractivity contribution in [3.63, 3.8) is 0 Å². The van der Waals surface area contributed by atoms with Gasteiger partial charge in [-0.15, -0.1) is 0 Å². The van der Waals surface area contributed by atoms with Crippen LogP contribution in [0.25, 0.3) is 0 Å². The SMILES string of the molecule is Cc1cc(C)cc(Oc2ccc(C=NNc3ccccc3C(=O)O)cc2)c1. The molecule has 3 aromatic rings. The smallest absolute Gasteiger partial charge is 0.337 e. The van der Waals surface area contributed by atoms with Gasteiger partial charge in [-0.2, -0.15) is 5.10 Å². The molecule has 0 aliphatic rings. The molecule has 27 heavy (non-hydrogen) atoms. The van der Waals surface area contributed by atoms with E-state index >= 15 is 0 Å². The summed E-state index contributed by atoms with van der Waals surface area (Å²) in [4.78, 5) is 11.2. The second kappa shape index (κ2) is 8.19. The first-order valence-corrected chi connectivity index (χ1v) is 8.49. The van der Waals surface area contributed by atoms with E-state index in [1.165, 1.54) is 6.07 Å². The molecule has 0 fully saturated rings. The average Bonchev–Trinajstić information content (AvgIpc) is 2.62. The zero-order valence-electron chi connectivity index (χ0n) is 15.1. The number of hydrazone groups is 1. The van der Waals surface area contributed by atoms with E-state index in [-0.39, 0.29) is 5.56 Å². The second-order valence-corrected chi connectivity index (χ2v) is 6.22. The molecule has 0 saturated carbocycles. The van der Waals surface area contributed by atoms with Crippen molar-refractivity contribution in [2.24, 2.45) is 5.10 Å². The summed E-state index contributed by atoms with van der Waals surface area (Å²) in [7, 11) is 0. The lowest BCUT2D eigenvalue weighted by Crippen LogP contribution is -2.02. The summed E-state index contributed by atoms with van der Waals surface area (Å²) < 4.78 is 5.89. The van der Waals surface area contributed by atoms with Crippen molar-refractivity contribution in [2.45, 2.75) is 13.8 Å². The highest BCUT2D eigenvalue weighted by molar-refractivity contribution is 5.94. The van der Waals surface area contributed by atoms with Crippen molar-refractivity contribution in [3.8, 4) is 11.5 Å².